The molecule has 9 nitrogen and oxygen atoms in total. The largest absolute Gasteiger partial charge is 0.508 e. The van der Waals surface area contributed by atoms with Gasteiger partial charge in [-0.15, -0.1) is 0 Å². The number of hydrogen-bond donors (Lipinski definition) is 2. The summed E-state index contributed by atoms with van der Waals surface area (Å²) in [5, 5.41) is 10.9. The maximum Gasteiger partial charge on any atom is 0.241 e. The van der Waals surface area contributed by atoms with Crippen LogP contribution in [0.15, 0.2) is 96.2 Å². The van der Waals surface area contributed by atoms with Crippen LogP contribution in [-0.2, 0) is 32.5 Å². The summed E-state index contributed by atoms with van der Waals surface area (Å²) in [5.74, 6) is -0.299. The molecule has 1 atom stereocenters. The van der Waals surface area contributed by atoms with Gasteiger partial charge in [-0.3, -0.25) is 14.6 Å². The van der Waals surface area contributed by atoms with E-state index < -0.39 is 16.1 Å². The van der Waals surface area contributed by atoms with Crippen molar-refractivity contribution in [1.29, 1.82) is 0 Å². The number of nitrogens with zero attached hydrogens (tertiary/aromatic N) is 3. The molecule has 0 radical (unpaired) electrons. The highest BCUT2D eigenvalue weighted by molar-refractivity contribution is 7.89. The third kappa shape index (κ3) is 6.30. The van der Waals surface area contributed by atoms with Gasteiger partial charge in [-0.25, -0.2) is 8.42 Å². The van der Waals surface area contributed by atoms with Gasteiger partial charge in [0.2, 0.25) is 21.8 Å². The number of aromatic hydroxyl groups is 1. The monoisotopic (exact) mass is 558 g/mol. The number of piperazine rings is 1. The van der Waals surface area contributed by atoms with Crippen molar-refractivity contribution < 1.29 is 23.1 Å². The first-order valence-electron chi connectivity index (χ1n) is 13.0. The summed E-state index contributed by atoms with van der Waals surface area (Å²) in [6, 6.07) is 21.3. The van der Waals surface area contributed by atoms with Crippen molar-refractivity contribution >= 4 is 32.6 Å². The van der Waals surface area contributed by atoms with E-state index in [2.05, 4.69) is 9.71 Å². The van der Waals surface area contributed by atoms with Crippen molar-refractivity contribution in [2.24, 2.45) is 0 Å². The normalized spacial score (nSPS) is 14.7. The molecule has 1 aromatic heterocycles. The summed E-state index contributed by atoms with van der Waals surface area (Å²) in [7, 11) is -4.10. The lowest BCUT2D eigenvalue weighted by Crippen LogP contribution is -2.56. The van der Waals surface area contributed by atoms with E-state index in [-0.39, 0.29) is 28.9 Å². The van der Waals surface area contributed by atoms with Gasteiger partial charge in [0, 0.05) is 49.3 Å². The summed E-state index contributed by atoms with van der Waals surface area (Å²) >= 11 is 0. The Morgan fingerprint density at radius 1 is 0.850 bits per heavy atom. The molecule has 0 unspecified atom stereocenters. The molecule has 40 heavy (non-hydrogen) atoms. The lowest BCUT2D eigenvalue weighted by Gasteiger charge is -2.36. The minimum Gasteiger partial charge on any atom is -0.508 e. The Morgan fingerprint density at radius 2 is 1.55 bits per heavy atom. The Bertz CT molecular complexity index is 1600. The van der Waals surface area contributed by atoms with Crippen molar-refractivity contribution in [3.63, 3.8) is 0 Å². The molecule has 0 saturated carbocycles. The summed E-state index contributed by atoms with van der Waals surface area (Å²) in [4.78, 5) is 34.0. The highest BCUT2D eigenvalue weighted by Crippen LogP contribution is 2.23. The van der Waals surface area contributed by atoms with Crippen molar-refractivity contribution in [2.75, 3.05) is 26.2 Å². The summed E-state index contributed by atoms with van der Waals surface area (Å²) in [6.45, 7) is 1.33. The molecule has 2 N–H and O–H groups in total. The molecule has 4 aromatic rings. The van der Waals surface area contributed by atoms with Crippen LogP contribution in [-0.4, -0.2) is 72.3 Å². The molecule has 0 aliphatic carbocycles. The first-order chi connectivity index (χ1) is 19.3. The summed E-state index contributed by atoms with van der Waals surface area (Å²) in [6.07, 6.45) is 3.50. The van der Waals surface area contributed by atoms with Crippen LogP contribution < -0.4 is 4.72 Å². The third-order valence-corrected chi connectivity index (χ3v) is 8.57. The molecule has 5 rings (SSSR count). The van der Waals surface area contributed by atoms with Crippen molar-refractivity contribution in [3.05, 3.63) is 102 Å². The second-order valence-electron chi connectivity index (χ2n) is 9.77. The Hall–Kier alpha value is -4.28. The second-order valence-corrected chi connectivity index (χ2v) is 11.4. The Kier molecular flexibility index (Phi) is 8.09. The third-order valence-electron chi connectivity index (χ3n) is 7.04. The van der Waals surface area contributed by atoms with Crippen molar-refractivity contribution in [1.82, 2.24) is 19.5 Å². The van der Waals surface area contributed by atoms with Gasteiger partial charge in [-0.1, -0.05) is 54.6 Å². The number of fused-ring (bicyclic) bond motifs is 1. The van der Waals surface area contributed by atoms with Gasteiger partial charge in [0.15, 0.2) is 0 Å². The van der Waals surface area contributed by atoms with Gasteiger partial charge in [0.1, 0.15) is 11.8 Å². The number of hydrogen-bond acceptors (Lipinski definition) is 6. The molecule has 0 spiro atoms. The van der Waals surface area contributed by atoms with E-state index in [1.807, 2.05) is 30.3 Å². The number of rotatable bonds is 8. The molecule has 3 aromatic carbocycles. The average Bonchev–Trinajstić information content (AvgIpc) is 2.97. The number of sulfonamides is 1. The summed E-state index contributed by atoms with van der Waals surface area (Å²) in [5.41, 5.74) is 1.62. The zero-order valence-electron chi connectivity index (χ0n) is 21.8. The van der Waals surface area contributed by atoms with Gasteiger partial charge in [-0.2, -0.15) is 4.72 Å². The van der Waals surface area contributed by atoms with Gasteiger partial charge in [0.05, 0.1) is 11.3 Å². The minimum absolute atomic E-state index is 0.00918. The second kappa shape index (κ2) is 11.8. The van der Waals surface area contributed by atoms with Crippen LogP contribution in [0.2, 0.25) is 0 Å². The number of nitrogens with one attached hydrogen (secondary N) is 1. The minimum atomic E-state index is -4.10. The highest BCUT2D eigenvalue weighted by atomic mass is 32.2. The number of aromatic nitrogens is 1. The van der Waals surface area contributed by atoms with Gasteiger partial charge >= 0.3 is 0 Å². The number of pyridine rings is 1. The van der Waals surface area contributed by atoms with Crippen LogP contribution in [0, 0.1) is 0 Å². The molecule has 0 bridgehead atoms. The van der Waals surface area contributed by atoms with Crippen LogP contribution in [0.1, 0.15) is 11.1 Å². The number of phenolic OH excluding ortho intramolecular Hbond substituents is 1. The molecule has 1 aliphatic heterocycles. The van der Waals surface area contributed by atoms with Gasteiger partial charge in [-0.05, 0) is 41.8 Å². The fourth-order valence-electron chi connectivity index (χ4n) is 4.90. The van der Waals surface area contributed by atoms with E-state index in [4.69, 9.17) is 0 Å². The predicted molar refractivity (Wildman–Crippen MR) is 151 cm³/mol. The molecular weight excluding hydrogens is 528 g/mol. The Morgan fingerprint density at radius 3 is 2.27 bits per heavy atom. The molecule has 10 heteroatoms. The molecule has 2 heterocycles. The van der Waals surface area contributed by atoms with Crippen LogP contribution in [0.5, 0.6) is 5.75 Å². The van der Waals surface area contributed by atoms with Gasteiger partial charge in [0.25, 0.3) is 0 Å². The van der Waals surface area contributed by atoms with E-state index in [1.165, 1.54) is 24.4 Å². The zero-order chi connectivity index (χ0) is 28.1. The Labute approximate surface area is 233 Å². The van der Waals surface area contributed by atoms with Crippen LogP contribution in [0.3, 0.4) is 0 Å². The fraction of sp³-hybridized carbons (Fsp3) is 0.233. The lowest BCUT2D eigenvalue weighted by atomic mass is 10.0. The Balaban J connectivity index is 1.33. The highest BCUT2D eigenvalue weighted by Gasteiger charge is 2.32. The summed E-state index contributed by atoms with van der Waals surface area (Å²) < 4.78 is 29.9. The maximum atomic E-state index is 13.7. The first-order valence-corrected chi connectivity index (χ1v) is 14.5. The molecule has 2 amide bonds. The zero-order valence-corrected chi connectivity index (χ0v) is 22.6. The smallest absolute Gasteiger partial charge is 0.241 e. The fourth-order valence-corrected chi connectivity index (χ4v) is 6.32. The number of carbonyl (C=O) groups is 2. The molecule has 1 aliphatic rings. The number of amides is 2. The van der Waals surface area contributed by atoms with E-state index in [9.17, 15) is 23.1 Å². The van der Waals surface area contributed by atoms with E-state index in [0.29, 0.717) is 48.9 Å². The number of phenols is 1. The molecule has 1 fully saturated rings. The van der Waals surface area contributed by atoms with Crippen LogP contribution in [0.4, 0.5) is 0 Å². The van der Waals surface area contributed by atoms with Crippen LogP contribution in [0.25, 0.3) is 10.8 Å². The standard InChI is InChI=1S/C30H30N4O5S/c35-25-11-9-23(10-12-25)19-27(32-40(38,39)28-8-4-7-24-21-31-14-13-26(24)28)30(37)34-17-15-33(16-18-34)29(36)20-22-5-2-1-3-6-22/h1-14,21,27,32,35H,15-20H2/t27-/m0/s1. The van der Waals surface area contributed by atoms with Gasteiger partial charge < -0.3 is 14.9 Å². The van der Waals surface area contributed by atoms with E-state index in [0.717, 1.165) is 5.56 Å². The SMILES string of the molecule is O=C(Cc1ccccc1)N1CCN(C(=O)[C@H](Cc2ccc(O)cc2)NS(=O)(=O)c2cccc3cnccc23)CC1. The van der Waals surface area contributed by atoms with Crippen molar-refractivity contribution in [2.45, 2.75) is 23.8 Å². The number of benzene rings is 3. The molecule has 206 valence electrons. The molecule has 1 saturated heterocycles. The average molecular weight is 559 g/mol. The van der Waals surface area contributed by atoms with E-state index in [1.54, 1.807) is 46.3 Å². The number of carbonyl (C=O) groups excluding carboxylic acids is 2. The van der Waals surface area contributed by atoms with E-state index >= 15 is 0 Å². The first kappa shape index (κ1) is 27.3. The quantitative estimate of drug-likeness (QED) is 0.343. The lowest BCUT2D eigenvalue weighted by molar-refractivity contribution is -0.140. The maximum absolute atomic E-state index is 13.7. The molecular formula is C30H30N4O5S. The van der Waals surface area contributed by atoms with Crippen LogP contribution >= 0.6 is 0 Å². The predicted octanol–water partition coefficient (Wildman–Crippen LogP) is 2.74. The van der Waals surface area contributed by atoms with Crippen molar-refractivity contribution in [3.8, 4) is 5.75 Å². The topological polar surface area (TPSA) is 120 Å².